The van der Waals surface area contributed by atoms with Crippen LogP contribution in [0.25, 0.3) is 0 Å². The number of amides is 1. The molecule has 0 bridgehead atoms. The molecule has 2 rings (SSSR count). The molecule has 1 aliphatic heterocycles. The summed E-state index contributed by atoms with van der Waals surface area (Å²) in [5.74, 6) is -0.856. The maximum Gasteiger partial charge on any atom is 0.305 e. The minimum absolute atomic E-state index is 0.00532. The van der Waals surface area contributed by atoms with Crippen molar-refractivity contribution in [2.75, 3.05) is 6.54 Å². The first-order chi connectivity index (χ1) is 8.66. The van der Waals surface area contributed by atoms with Crippen molar-refractivity contribution in [3.63, 3.8) is 0 Å². The average Bonchev–Trinajstić information content (AvgIpc) is 2.95. The molecule has 2 heterocycles. The highest BCUT2D eigenvalue weighted by molar-refractivity contribution is 5.78. The van der Waals surface area contributed by atoms with Gasteiger partial charge in [0.25, 0.3) is 0 Å². The SMILES string of the molecule is O=C(O)CC1CCCN1C(=O)CCn1ccnn1. The Morgan fingerprint density at radius 3 is 2.94 bits per heavy atom. The Balaban J connectivity index is 1.85. The fraction of sp³-hybridized carbons (Fsp3) is 0.636. The summed E-state index contributed by atoms with van der Waals surface area (Å²) in [5, 5.41) is 16.2. The van der Waals surface area contributed by atoms with Crippen LogP contribution < -0.4 is 0 Å². The molecular weight excluding hydrogens is 236 g/mol. The number of hydrogen-bond donors (Lipinski definition) is 1. The second-order valence-electron chi connectivity index (χ2n) is 4.40. The Bertz CT molecular complexity index is 418. The summed E-state index contributed by atoms with van der Waals surface area (Å²) in [6, 6.07) is -0.147. The van der Waals surface area contributed by atoms with Crippen molar-refractivity contribution in [2.45, 2.75) is 38.3 Å². The molecule has 0 aliphatic carbocycles. The number of nitrogens with zero attached hydrogens (tertiary/aromatic N) is 4. The summed E-state index contributed by atoms with van der Waals surface area (Å²) in [5.41, 5.74) is 0. The van der Waals surface area contributed by atoms with E-state index in [1.54, 1.807) is 22.0 Å². The lowest BCUT2D eigenvalue weighted by atomic mass is 10.1. The third-order valence-electron chi connectivity index (χ3n) is 3.13. The van der Waals surface area contributed by atoms with Gasteiger partial charge in [-0.15, -0.1) is 5.10 Å². The molecule has 1 aromatic rings. The van der Waals surface area contributed by atoms with Gasteiger partial charge in [0, 0.05) is 25.2 Å². The molecule has 0 aromatic carbocycles. The molecule has 1 unspecified atom stereocenters. The van der Waals surface area contributed by atoms with E-state index in [9.17, 15) is 9.59 Å². The summed E-state index contributed by atoms with van der Waals surface area (Å²) >= 11 is 0. The highest BCUT2D eigenvalue weighted by atomic mass is 16.4. The summed E-state index contributed by atoms with van der Waals surface area (Å²) in [4.78, 5) is 24.4. The van der Waals surface area contributed by atoms with Crippen LogP contribution in [0, 0.1) is 0 Å². The van der Waals surface area contributed by atoms with Crippen LogP contribution in [0.2, 0.25) is 0 Å². The number of rotatable bonds is 5. The lowest BCUT2D eigenvalue weighted by Crippen LogP contribution is -2.37. The standard InChI is InChI=1S/C11H16N4O3/c16-10(3-6-14-7-4-12-13-14)15-5-1-2-9(15)8-11(17)18/h4,7,9H,1-3,5-6,8H2,(H,17,18). The second-order valence-corrected chi connectivity index (χ2v) is 4.40. The summed E-state index contributed by atoms with van der Waals surface area (Å²) < 4.78 is 1.60. The van der Waals surface area contributed by atoms with Crippen molar-refractivity contribution < 1.29 is 14.7 Å². The van der Waals surface area contributed by atoms with Crippen molar-refractivity contribution in [3.05, 3.63) is 12.4 Å². The minimum Gasteiger partial charge on any atom is -0.481 e. The van der Waals surface area contributed by atoms with Gasteiger partial charge in [-0.1, -0.05) is 5.21 Å². The Labute approximate surface area is 104 Å². The lowest BCUT2D eigenvalue weighted by Gasteiger charge is -2.23. The van der Waals surface area contributed by atoms with Gasteiger partial charge in [0.15, 0.2) is 0 Å². The van der Waals surface area contributed by atoms with E-state index in [-0.39, 0.29) is 18.4 Å². The fourth-order valence-electron chi connectivity index (χ4n) is 2.28. The maximum absolute atomic E-state index is 12.0. The van der Waals surface area contributed by atoms with Gasteiger partial charge in [0.05, 0.1) is 19.2 Å². The van der Waals surface area contributed by atoms with E-state index in [1.807, 2.05) is 0 Å². The highest BCUT2D eigenvalue weighted by Gasteiger charge is 2.29. The van der Waals surface area contributed by atoms with Crippen molar-refractivity contribution in [1.29, 1.82) is 0 Å². The van der Waals surface area contributed by atoms with Crippen molar-refractivity contribution in [2.24, 2.45) is 0 Å². The van der Waals surface area contributed by atoms with E-state index in [4.69, 9.17) is 5.11 Å². The van der Waals surface area contributed by atoms with Gasteiger partial charge in [0.2, 0.25) is 5.91 Å². The van der Waals surface area contributed by atoms with E-state index in [0.29, 0.717) is 19.5 Å². The highest BCUT2D eigenvalue weighted by Crippen LogP contribution is 2.21. The van der Waals surface area contributed by atoms with Crippen molar-refractivity contribution in [3.8, 4) is 0 Å². The van der Waals surface area contributed by atoms with Crippen LogP contribution in [-0.4, -0.2) is 49.5 Å². The molecule has 0 radical (unpaired) electrons. The zero-order valence-corrected chi connectivity index (χ0v) is 10.0. The topological polar surface area (TPSA) is 88.3 Å². The van der Waals surface area contributed by atoms with Crippen LogP contribution in [0.4, 0.5) is 0 Å². The quantitative estimate of drug-likeness (QED) is 0.805. The smallest absolute Gasteiger partial charge is 0.305 e. The predicted molar refractivity (Wildman–Crippen MR) is 61.6 cm³/mol. The first-order valence-corrected chi connectivity index (χ1v) is 6.02. The number of carbonyl (C=O) groups is 2. The number of carboxylic acids is 1. The Kier molecular flexibility index (Phi) is 3.91. The van der Waals surface area contributed by atoms with Gasteiger partial charge >= 0.3 is 5.97 Å². The maximum atomic E-state index is 12.0. The third kappa shape index (κ3) is 3.06. The molecule has 7 heteroatoms. The minimum atomic E-state index is -0.851. The monoisotopic (exact) mass is 252 g/mol. The largest absolute Gasteiger partial charge is 0.481 e. The summed E-state index contributed by atoms with van der Waals surface area (Å²) in [7, 11) is 0. The number of hydrogen-bond acceptors (Lipinski definition) is 4. The summed E-state index contributed by atoms with van der Waals surface area (Å²) in [6.45, 7) is 1.14. The predicted octanol–water partition coefficient (Wildman–Crippen LogP) is 0.134. The molecule has 1 saturated heterocycles. The zero-order chi connectivity index (χ0) is 13.0. The van der Waals surface area contributed by atoms with Crippen molar-refractivity contribution in [1.82, 2.24) is 19.9 Å². The van der Waals surface area contributed by atoms with E-state index >= 15 is 0 Å². The molecule has 0 spiro atoms. The van der Waals surface area contributed by atoms with Crippen molar-refractivity contribution >= 4 is 11.9 Å². The lowest BCUT2D eigenvalue weighted by molar-refractivity contribution is -0.140. The molecule has 1 N–H and O–H groups in total. The average molecular weight is 252 g/mol. The van der Waals surface area contributed by atoms with E-state index in [0.717, 1.165) is 12.8 Å². The van der Waals surface area contributed by atoms with Gasteiger partial charge in [-0.25, -0.2) is 0 Å². The molecule has 1 fully saturated rings. The molecule has 18 heavy (non-hydrogen) atoms. The Hall–Kier alpha value is -1.92. The number of carbonyl (C=O) groups excluding carboxylic acids is 1. The summed E-state index contributed by atoms with van der Waals surface area (Å²) in [6.07, 6.45) is 5.29. The molecule has 0 saturated carbocycles. The van der Waals surface area contributed by atoms with Gasteiger partial charge in [-0.2, -0.15) is 0 Å². The van der Waals surface area contributed by atoms with Crippen LogP contribution in [-0.2, 0) is 16.1 Å². The normalized spacial score (nSPS) is 19.1. The molecule has 98 valence electrons. The number of carboxylic acid groups (broad SMARTS) is 1. The van der Waals surface area contributed by atoms with Gasteiger partial charge < -0.3 is 10.0 Å². The Morgan fingerprint density at radius 1 is 1.44 bits per heavy atom. The van der Waals surface area contributed by atoms with Crippen LogP contribution in [0.1, 0.15) is 25.7 Å². The molecule has 1 atom stereocenters. The van der Waals surface area contributed by atoms with Gasteiger partial charge in [0.1, 0.15) is 0 Å². The third-order valence-corrected chi connectivity index (χ3v) is 3.13. The molecule has 1 amide bonds. The first-order valence-electron chi connectivity index (χ1n) is 6.02. The number of aromatic nitrogens is 3. The first kappa shape index (κ1) is 12.5. The van der Waals surface area contributed by atoms with Gasteiger partial charge in [-0.3, -0.25) is 14.3 Å². The zero-order valence-electron chi connectivity index (χ0n) is 10.0. The second kappa shape index (κ2) is 5.61. The number of aliphatic carboxylic acids is 1. The van der Waals surface area contributed by atoms with E-state index < -0.39 is 5.97 Å². The number of aryl methyl sites for hydroxylation is 1. The van der Waals surface area contributed by atoms with Crippen LogP contribution in [0.3, 0.4) is 0 Å². The molecular formula is C11H16N4O3. The van der Waals surface area contributed by atoms with E-state index in [2.05, 4.69) is 10.3 Å². The fourth-order valence-corrected chi connectivity index (χ4v) is 2.28. The Morgan fingerprint density at radius 2 is 2.28 bits per heavy atom. The van der Waals surface area contributed by atoms with Gasteiger partial charge in [-0.05, 0) is 12.8 Å². The van der Waals surface area contributed by atoms with Crippen LogP contribution in [0.5, 0.6) is 0 Å². The number of likely N-dealkylation sites (tertiary alicyclic amines) is 1. The van der Waals surface area contributed by atoms with Crippen LogP contribution in [0.15, 0.2) is 12.4 Å². The molecule has 1 aliphatic rings. The van der Waals surface area contributed by atoms with E-state index in [1.165, 1.54) is 0 Å². The molecule has 7 nitrogen and oxygen atoms in total. The van der Waals surface area contributed by atoms with Crippen LogP contribution >= 0.6 is 0 Å². The molecule has 1 aromatic heterocycles.